The van der Waals surface area contributed by atoms with Gasteiger partial charge in [-0.3, -0.25) is 14.4 Å². The van der Waals surface area contributed by atoms with Crippen LogP contribution >= 0.6 is 12.6 Å². The molecule has 10 nitrogen and oxygen atoms in total. The molecule has 7 N–H and O–H groups in total. The third-order valence-electron chi connectivity index (χ3n) is 4.46. The van der Waals surface area contributed by atoms with Gasteiger partial charge in [0.2, 0.25) is 17.7 Å². The zero-order chi connectivity index (χ0) is 22.7. The summed E-state index contributed by atoms with van der Waals surface area (Å²) in [6, 6.07) is -4.39. The van der Waals surface area contributed by atoms with Crippen LogP contribution < -0.4 is 21.7 Å². The van der Waals surface area contributed by atoms with Crippen LogP contribution in [0.25, 0.3) is 0 Å². The third-order valence-corrected chi connectivity index (χ3v) is 4.86. The maximum absolute atomic E-state index is 12.7. The minimum Gasteiger partial charge on any atom is -0.480 e. The Balaban J connectivity index is 5.30. The van der Waals surface area contributed by atoms with E-state index < -0.39 is 54.5 Å². The van der Waals surface area contributed by atoms with Crippen molar-refractivity contribution in [2.24, 2.45) is 17.6 Å². The molecule has 0 saturated carbocycles. The van der Waals surface area contributed by atoms with Crippen LogP contribution in [0.4, 0.5) is 0 Å². The smallest absolute Gasteiger partial charge is 0.326 e. The van der Waals surface area contributed by atoms with E-state index in [1.807, 2.05) is 20.8 Å². The minimum atomic E-state index is -1.31. The van der Waals surface area contributed by atoms with E-state index in [9.17, 15) is 29.4 Å². The van der Waals surface area contributed by atoms with Crippen molar-refractivity contribution in [3.05, 3.63) is 0 Å². The number of carbonyl (C=O) groups excluding carboxylic acids is 3. The molecule has 0 radical (unpaired) electrons. The number of aliphatic hydroxyl groups is 1. The fourth-order valence-electron chi connectivity index (χ4n) is 2.47. The molecular formula is C18H34N4O6S. The Kier molecular flexibility index (Phi) is 12.5. The lowest BCUT2D eigenvalue weighted by Crippen LogP contribution is -2.59. The van der Waals surface area contributed by atoms with Crippen LogP contribution in [0, 0.1) is 11.8 Å². The number of amides is 3. The van der Waals surface area contributed by atoms with Gasteiger partial charge in [0, 0.05) is 5.75 Å². The quantitative estimate of drug-likeness (QED) is 0.180. The second-order valence-electron chi connectivity index (χ2n) is 7.43. The zero-order valence-electron chi connectivity index (χ0n) is 17.3. The van der Waals surface area contributed by atoms with Crippen molar-refractivity contribution < 1.29 is 29.4 Å². The number of carboxylic acids is 1. The van der Waals surface area contributed by atoms with Crippen LogP contribution in [0.1, 0.15) is 40.5 Å². The molecular weight excluding hydrogens is 400 g/mol. The van der Waals surface area contributed by atoms with Crippen LogP contribution in [0.3, 0.4) is 0 Å². The summed E-state index contributed by atoms with van der Waals surface area (Å²) >= 11 is 3.90. The molecule has 29 heavy (non-hydrogen) atoms. The molecule has 0 heterocycles. The first kappa shape index (κ1) is 27.1. The van der Waals surface area contributed by atoms with Crippen molar-refractivity contribution >= 4 is 36.3 Å². The van der Waals surface area contributed by atoms with Crippen LogP contribution in [-0.2, 0) is 19.2 Å². The first-order valence-corrected chi connectivity index (χ1v) is 10.2. The molecule has 0 aromatic carbocycles. The van der Waals surface area contributed by atoms with E-state index in [1.54, 1.807) is 6.92 Å². The fraction of sp³-hybridized carbons (Fsp3) is 0.778. The highest BCUT2D eigenvalue weighted by atomic mass is 32.1. The molecule has 3 amide bonds. The molecule has 0 aliphatic heterocycles. The number of carboxylic acid groups (broad SMARTS) is 1. The van der Waals surface area contributed by atoms with Gasteiger partial charge >= 0.3 is 5.97 Å². The summed E-state index contributed by atoms with van der Waals surface area (Å²) in [5, 5.41) is 26.0. The predicted octanol–water partition coefficient (Wildman–Crippen LogP) is -1.13. The number of rotatable bonds is 13. The van der Waals surface area contributed by atoms with Crippen molar-refractivity contribution in [3.63, 3.8) is 0 Å². The first-order valence-electron chi connectivity index (χ1n) is 9.59. The number of thiol groups is 1. The van der Waals surface area contributed by atoms with E-state index >= 15 is 0 Å². The Bertz CT molecular complexity index is 575. The zero-order valence-corrected chi connectivity index (χ0v) is 18.2. The van der Waals surface area contributed by atoms with E-state index in [4.69, 9.17) is 5.73 Å². The van der Waals surface area contributed by atoms with Crippen LogP contribution in [0.5, 0.6) is 0 Å². The molecule has 0 rings (SSSR count). The van der Waals surface area contributed by atoms with Crippen molar-refractivity contribution in [2.45, 2.75) is 64.7 Å². The van der Waals surface area contributed by atoms with E-state index in [2.05, 4.69) is 28.6 Å². The van der Waals surface area contributed by atoms with E-state index in [0.717, 1.165) is 0 Å². The highest BCUT2D eigenvalue weighted by Crippen LogP contribution is 2.11. The Hall–Kier alpha value is -1.85. The summed E-state index contributed by atoms with van der Waals surface area (Å²) < 4.78 is 0. The van der Waals surface area contributed by atoms with E-state index in [1.165, 1.54) is 0 Å². The molecule has 5 atom stereocenters. The number of hydrogen-bond donors (Lipinski definition) is 7. The van der Waals surface area contributed by atoms with Crippen molar-refractivity contribution in [3.8, 4) is 0 Å². The Morgan fingerprint density at radius 1 is 0.966 bits per heavy atom. The average Bonchev–Trinajstić information content (AvgIpc) is 2.67. The molecule has 0 aliphatic carbocycles. The van der Waals surface area contributed by atoms with Crippen LogP contribution in [0.2, 0.25) is 0 Å². The van der Waals surface area contributed by atoms with Crippen molar-refractivity contribution in [2.75, 3.05) is 12.4 Å². The molecule has 0 aromatic rings. The predicted molar refractivity (Wildman–Crippen MR) is 111 cm³/mol. The summed E-state index contributed by atoms with van der Waals surface area (Å²) in [6.07, 6.45) is 0.764. The van der Waals surface area contributed by atoms with Gasteiger partial charge in [0.25, 0.3) is 0 Å². The highest BCUT2D eigenvalue weighted by Gasteiger charge is 2.32. The molecule has 0 spiro atoms. The fourth-order valence-corrected chi connectivity index (χ4v) is 2.63. The lowest BCUT2D eigenvalue weighted by Gasteiger charge is -2.27. The lowest BCUT2D eigenvalue weighted by molar-refractivity contribution is -0.143. The normalized spacial score (nSPS) is 16.3. The maximum Gasteiger partial charge on any atom is 0.326 e. The number of nitrogens with one attached hydrogen (secondary N) is 3. The number of aliphatic hydroxyl groups excluding tert-OH is 1. The van der Waals surface area contributed by atoms with Gasteiger partial charge < -0.3 is 31.9 Å². The van der Waals surface area contributed by atoms with Gasteiger partial charge in [-0.25, -0.2) is 4.79 Å². The van der Waals surface area contributed by atoms with Crippen LogP contribution in [0.15, 0.2) is 0 Å². The largest absolute Gasteiger partial charge is 0.480 e. The molecule has 11 heteroatoms. The molecule has 0 aliphatic rings. The number of nitrogens with two attached hydrogens (primary N) is 1. The summed E-state index contributed by atoms with van der Waals surface area (Å²) in [5.74, 6) is -3.47. The minimum absolute atomic E-state index is 0.0399. The standard InChI is InChI=1S/C18H34N4O6S/c1-5-10(4)14(17(26)20-12(18(27)28)6-9(2)3)22-16(25)13(7-23)21-15(24)11(19)8-29/h9-14,23,29H,5-8,19H2,1-4H3,(H,20,26)(H,21,24)(H,22,25)(H,27,28). The van der Waals surface area contributed by atoms with Gasteiger partial charge in [-0.1, -0.05) is 34.1 Å². The molecule has 5 unspecified atom stereocenters. The molecule has 0 aromatic heterocycles. The summed E-state index contributed by atoms with van der Waals surface area (Å²) in [6.45, 7) is 6.51. The SMILES string of the molecule is CCC(C)C(NC(=O)C(CO)NC(=O)C(N)CS)C(=O)NC(CC(C)C)C(=O)O. The molecule has 168 valence electrons. The maximum atomic E-state index is 12.7. The van der Waals surface area contributed by atoms with Gasteiger partial charge in [-0.2, -0.15) is 12.6 Å². The molecule has 0 fully saturated rings. The van der Waals surface area contributed by atoms with Crippen LogP contribution in [-0.4, -0.2) is 70.4 Å². The number of carbonyl (C=O) groups is 4. The summed E-state index contributed by atoms with van der Waals surface area (Å²) in [4.78, 5) is 48.5. The summed E-state index contributed by atoms with van der Waals surface area (Å²) in [7, 11) is 0. The van der Waals surface area contributed by atoms with E-state index in [0.29, 0.717) is 6.42 Å². The first-order chi connectivity index (χ1) is 13.5. The third kappa shape index (κ3) is 9.46. The number of hydrogen-bond acceptors (Lipinski definition) is 7. The topological polar surface area (TPSA) is 171 Å². The Labute approximate surface area is 176 Å². The lowest BCUT2D eigenvalue weighted by atomic mass is 9.96. The number of aliphatic carboxylic acids is 1. The second-order valence-corrected chi connectivity index (χ2v) is 7.80. The van der Waals surface area contributed by atoms with Gasteiger partial charge in [0.1, 0.15) is 18.1 Å². The highest BCUT2D eigenvalue weighted by molar-refractivity contribution is 7.80. The average molecular weight is 435 g/mol. The Morgan fingerprint density at radius 2 is 1.52 bits per heavy atom. The van der Waals surface area contributed by atoms with E-state index in [-0.39, 0.29) is 24.0 Å². The van der Waals surface area contributed by atoms with Gasteiger partial charge in [0.15, 0.2) is 0 Å². The Morgan fingerprint density at radius 3 is 1.93 bits per heavy atom. The van der Waals surface area contributed by atoms with Gasteiger partial charge in [-0.15, -0.1) is 0 Å². The van der Waals surface area contributed by atoms with Crippen molar-refractivity contribution in [1.29, 1.82) is 0 Å². The van der Waals surface area contributed by atoms with Gasteiger partial charge in [-0.05, 0) is 18.3 Å². The molecule has 0 saturated heterocycles. The second kappa shape index (κ2) is 13.4. The molecule has 0 bridgehead atoms. The monoisotopic (exact) mass is 434 g/mol. The van der Waals surface area contributed by atoms with Gasteiger partial charge in [0.05, 0.1) is 12.6 Å². The van der Waals surface area contributed by atoms with Crippen molar-refractivity contribution in [1.82, 2.24) is 16.0 Å². The summed E-state index contributed by atoms with van der Waals surface area (Å²) in [5.41, 5.74) is 5.54.